The topological polar surface area (TPSA) is 196 Å². The van der Waals surface area contributed by atoms with Gasteiger partial charge in [0.1, 0.15) is 18.1 Å². The maximum absolute atomic E-state index is 14.1. The van der Waals surface area contributed by atoms with Crippen molar-refractivity contribution < 1.29 is 28.7 Å². The SMILES string of the molecule is CNC(=O)NC1CCN(C(=O)[C@@H](CCCCNCCOC)NC(=O)[C@@H](CC(C)C)NC(=O)[C@@H](Cc2ccccc2)NC(=O)[C@H](N)Cc2ccccc2)CC1. The molecule has 1 fully saturated rings. The summed E-state index contributed by atoms with van der Waals surface area (Å²) in [5, 5.41) is 17.5. The summed E-state index contributed by atoms with van der Waals surface area (Å²) in [4.78, 5) is 68.9. The zero-order valence-corrected chi connectivity index (χ0v) is 32.4. The fourth-order valence-electron chi connectivity index (χ4n) is 6.42. The van der Waals surface area contributed by atoms with E-state index in [4.69, 9.17) is 10.5 Å². The predicted molar refractivity (Wildman–Crippen MR) is 209 cm³/mol. The number of ether oxygens (including phenoxy) is 1. The lowest BCUT2D eigenvalue weighted by atomic mass is 9.99. The summed E-state index contributed by atoms with van der Waals surface area (Å²) in [6.45, 7) is 6.85. The van der Waals surface area contributed by atoms with E-state index >= 15 is 0 Å². The quantitative estimate of drug-likeness (QED) is 0.0883. The zero-order valence-electron chi connectivity index (χ0n) is 32.4. The number of unbranched alkanes of at least 4 members (excludes halogenated alkanes) is 1. The van der Waals surface area contributed by atoms with Crippen molar-refractivity contribution in [1.82, 2.24) is 36.8 Å². The lowest BCUT2D eigenvalue weighted by Crippen LogP contribution is -2.59. The second-order valence-corrected chi connectivity index (χ2v) is 14.4. The minimum atomic E-state index is -1.00. The van der Waals surface area contributed by atoms with Gasteiger partial charge in [-0.1, -0.05) is 74.5 Å². The van der Waals surface area contributed by atoms with Gasteiger partial charge in [0.15, 0.2) is 0 Å². The number of nitrogens with zero attached hydrogens (tertiary/aromatic N) is 1. The summed E-state index contributed by atoms with van der Waals surface area (Å²) in [6.07, 6.45) is 3.89. The van der Waals surface area contributed by atoms with E-state index in [1.807, 2.05) is 74.5 Å². The van der Waals surface area contributed by atoms with Gasteiger partial charge in [0.2, 0.25) is 23.6 Å². The maximum Gasteiger partial charge on any atom is 0.314 e. The lowest BCUT2D eigenvalue weighted by molar-refractivity contribution is -0.138. The molecule has 1 heterocycles. The van der Waals surface area contributed by atoms with Crippen molar-refractivity contribution in [3.05, 3.63) is 71.8 Å². The molecule has 2 aromatic carbocycles. The van der Waals surface area contributed by atoms with Crippen LogP contribution in [0.25, 0.3) is 0 Å². The summed E-state index contributed by atoms with van der Waals surface area (Å²) >= 11 is 0. The molecule has 54 heavy (non-hydrogen) atoms. The Labute approximate surface area is 320 Å². The van der Waals surface area contributed by atoms with E-state index in [2.05, 4.69) is 31.9 Å². The number of nitrogens with one attached hydrogen (secondary N) is 6. The summed E-state index contributed by atoms with van der Waals surface area (Å²) in [7, 11) is 3.21. The summed E-state index contributed by atoms with van der Waals surface area (Å²) in [6, 6.07) is 14.8. The van der Waals surface area contributed by atoms with Crippen LogP contribution in [0.5, 0.6) is 0 Å². The van der Waals surface area contributed by atoms with Crippen molar-refractivity contribution in [2.24, 2.45) is 11.7 Å². The molecule has 0 radical (unpaired) electrons. The van der Waals surface area contributed by atoms with Crippen molar-refractivity contribution >= 4 is 29.7 Å². The highest BCUT2D eigenvalue weighted by molar-refractivity contribution is 5.95. The van der Waals surface area contributed by atoms with Gasteiger partial charge in [0.05, 0.1) is 12.6 Å². The molecule has 14 nitrogen and oxygen atoms in total. The number of hydrogen-bond donors (Lipinski definition) is 7. The molecule has 0 spiro atoms. The monoisotopic (exact) mass is 750 g/mol. The van der Waals surface area contributed by atoms with Gasteiger partial charge in [-0.05, 0) is 68.5 Å². The third-order valence-electron chi connectivity index (χ3n) is 9.45. The molecule has 1 saturated heterocycles. The molecule has 8 N–H and O–H groups in total. The van der Waals surface area contributed by atoms with Crippen LogP contribution in [0.15, 0.2) is 60.7 Å². The number of urea groups is 1. The van der Waals surface area contributed by atoms with Gasteiger partial charge in [0.25, 0.3) is 0 Å². The molecule has 14 heteroatoms. The first kappa shape index (κ1) is 43.9. The molecular formula is C40H62N8O6. The van der Waals surface area contributed by atoms with E-state index < -0.39 is 41.9 Å². The molecule has 4 atom stereocenters. The lowest BCUT2D eigenvalue weighted by Gasteiger charge is -2.35. The van der Waals surface area contributed by atoms with Gasteiger partial charge in [-0.25, -0.2) is 4.79 Å². The van der Waals surface area contributed by atoms with E-state index in [9.17, 15) is 24.0 Å². The normalized spacial score (nSPS) is 15.4. The van der Waals surface area contributed by atoms with Crippen molar-refractivity contribution in [3.8, 4) is 0 Å². The minimum absolute atomic E-state index is 0.0293. The Bertz CT molecular complexity index is 1440. The van der Waals surface area contributed by atoms with E-state index in [1.54, 1.807) is 19.1 Å². The van der Waals surface area contributed by atoms with Crippen LogP contribution < -0.4 is 37.6 Å². The number of rotatable bonds is 22. The van der Waals surface area contributed by atoms with Gasteiger partial charge >= 0.3 is 6.03 Å². The van der Waals surface area contributed by atoms with Crippen LogP contribution in [-0.4, -0.2) is 112 Å². The Morgan fingerprint density at radius 2 is 1.35 bits per heavy atom. The number of carbonyl (C=O) groups is 5. The van der Waals surface area contributed by atoms with E-state index in [0.29, 0.717) is 58.2 Å². The Kier molecular flexibility index (Phi) is 19.5. The predicted octanol–water partition coefficient (Wildman–Crippen LogP) is 1.63. The fourth-order valence-corrected chi connectivity index (χ4v) is 6.42. The first-order chi connectivity index (χ1) is 26.0. The number of benzene rings is 2. The molecule has 298 valence electrons. The van der Waals surface area contributed by atoms with Gasteiger partial charge < -0.3 is 47.3 Å². The standard InChI is InChI=1S/C40H62N8O6/c1-28(2)25-34(47-38(51)35(27-30-15-9-6-10-16-30)46-36(49)32(41)26-29-13-7-5-8-14-29)37(50)45-33(17-11-12-20-43-21-24-54-4)39(52)48-22-18-31(19-23-48)44-40(53)42-3/h5-10,13-16,28,31-35,43H,11-12,17-27,41H2,1-4H3,(H,45,50)(H,46,49)(H,47,51)(H2,42,44,53)/t32-,33-,34-,35-/m1/s1. The summed E-state index contributed by atoms with van der Waals surface area (Å²) in [5.74, 6) is -1.62. The maximum atomic E-state index is 14.1. The number of nitrogens with two attached hydrogens (primary N) is 1. The van der Waals surface area contributed by atoms with Crippen molar-refractivity contribution in [2.75, 3.05) is 46.9 Å². The number of carbonyl (C=O) groups excluding carboxylic acids is 5. The average molecular weight is 751 g/mol. The molecule has 0 unspecified atom stereocenters. The molecule has 1 aliphatic heterocycles. The van der Waals surface area contributed by atoms with Gasteiger partial charge in [-0.15, -0.1) is 0 Å². The van der Waals surface area contributed by atoms with Gasteiger partial charge in [-0.3, -0.25) is 19.2 Å². The number of likely N-dealkylation sites (tertiary alicyclic amines) is 1. The second-order valence-electron chi connectivity index (χ2n) is 14.4. The molecule has 2 aromatic rings. The molecule has 3 rings (SSSR count). The van der Waals surface area contributed by atoms with Crippen LogP contribution >= 0.6 is 0 Å². The van der Waals surface area contributed by atoms with Crippen molar-refractivity contribution in [2.45, 2.75) is 95.4 Å². The van der Waals surface area contributed by atoms with Crippen LogP contribution in [0.3, 0.4) is 0 Å². The Balaban J connectivity index is 1.74. The van der Waals surface area contributed by atoms with E-state index in [1.165, 1.54) is 0 Å². The fraction of sp³-hybridized carbons (Fsp3) is 0.575. The molecule has 6 amide bonds. The first-order valence-electron chi connectivity index (χ1n) is 19.2. The van der Waals surface area contributed by atoms with Crippen LogP contribution in [-0.2, 0) is 36.8 Å². The third-order valence-corrected chi connectivity index (χ3v) is 9.45. The highest BCUT2D eigenvalue weighted by Crippen LogP contribution is 2.15. The number of hydrogen-bond acceptors (Lipinski definition) is 8. The third kappa shape index (κ3) is 15.8. The first-order valence-corrected chi connectivity index (χ1v) is 19.2. The van der Waals surface area contributed by atoms with E-state index in [-0.39, 0.29) is 30.3 Å². The van der Waals surface area contributed by atoms with Crippen molar-refractivity contribution in [1.29, 1.82) is 0 Å². The van der Waals surface area contributed by atoms with Gasteiger partial charge in [0, 0.05) is 46.3 Å². The Morgan fingerprint density at radius 1 is 0.778 bits per heavy atom. The minimum Gasteiger partial charge on any atom is -0.383 e. The molecule has 0 aliphatic carbocycles. The van der Waals surface area contributed by atoms with Crippen LogP contribution in [0.2, 0.25) is 0 Å². The summed E-state index contributed by atoms with van der Waals surface area (Å²) in [5.41, 5.74) is 8.02. The van der Waals surface area contributed by atoms with Crippen LogP contribution in [0.1, 0.15) is 63.5 Å². The second kappa shape index (κ2) is 24.0. The largest absolute Gasteiger partial charge is 0.383 e. The molecule has 1 aliphatic rings. The highest BCUT2D eigenvalue weighted by Gasteiger charge is 2.33. The molecule has 0 aromatic heterocycles. The Hall–Kier alpha value is -4.53. The molecule has 0 bridgehead atoms. The Morgan fingerprint density at radius 3 is 1.94 bits per heavy atom. The van der Waals surface area contributed by atoms with Crippen molar-refractivity contribution in [3.63, 3.8) is 0 Å². The smallest absolute Gasteiger partial charge is 0.314 e. The number of amides is 6. The van der Waals surface area contributed by atoms with Gasteiger partial charge in [-0.2, -0.15) is 0 Å². The molecule has 0 saturated carbocycles. The number of piperidine rings is 1. The van der Waals surface area contributed by atoms with E-state index in [0.717, 1.165) is 30.6 Å². The van der Waals surface area contributed by atoms with Crippen LogP contribution in [0.4, 0.5) is 4.79 Å². The highest BCUT2D eigenvalue weighted by atomic mass is 16.5. The summed E-state index contributed by atoms with van der Waals surface area (Å²) < 4.78 is 5.09. The zero-order chi connectivity index (χ0) is 39.3. The average Bonchev–Trinajstić information content (AvgIpc) is 3.17. The molecular weight excluding hydrogens is 688 g/mol. The number of methoxy groups -OCH3 is 1. The van der Waals surface area contributed by atoms with Crippen LogP contribution in [0, 0.1) is 5.92 Å².